The summed E-state index contributed by atoms with van der Waals surface area (Å²) in [5, 5.41) is 2.45. The third-order valence-electron chi connectivity index (χ3n) is 6.01. The van der Waals surface area contributed by atoms with Crippen LogP contribution >= 0.6 is 15.9 Å². The molecule has 2 nitrogen and oxygen atoms in total. The van der Waals surface area contributed by atoms with Crippen molar-refractivity contribution in [2.45, 2.75) is 0 Å². The largest absolute Gasteiger partial charge is 0.310 e. The highest BCUT2D eigenvalue weighted by Gasteiger charge is 2.20. The number of hydrogen-bond acceptors (Lipinski definition) is 1. The summed E-state index contributed by atoms with van der Waals surface area (Å²) in [6, 6.07) is 44.9. The predicted octanol–water partition coefficient (Wildman–Crippen LogP) is 9.02. The number of aromatic nitrogens is 1. The standard InChI is InChI=1S/C30H21BrN2/c31-22-19-20-27-26(21-22)30-28(17-10-18-29(30)33(27)25-15-8-3-9-16-25)32(23-11-4-1-5-12-23)24-13-6-2-7-14-24/h1-21H. The number of rotatable bonds is 4. The molecular weight excluding hydrogens is 468 g/mol. The molecule has 1 heterocycles. The van der Waals surface area contributed by atoms with Gasteiger partial charge in [0.25, 0.3) is 0 Å². The lowest BCUT2D eigenvalue weighted by Crippen LogP contribution is -2.10. The molecule has 0 spiro atoms. The van der Waals surface area contributed by atoms with Crippen molar-refractivity contribution >= 4 is 54.8 Å². The van der Waals surface area contributed by atoms with Crippen molar-refractivity contribution in [3.8, 4) is 5.69 Å². The van der Waals surface area contributed by atoms with Gasteiger partial charge in [-0.2, -0.15) is 0 Å². The second-order valence-electron chi connectivity index (χ2n) is 8.01. The number of fused-ring (bicyclic) bond motifs is 3. The molecule has 0 bridgehead atoms. The van der Waals surface area contributed by atoms with Gasteiger partial charge in [-0.05, 0) is 66.7 Å². The van der Waals surface area contributed by atoms with Crippen molar-refractivity contribution in [3.05, 3.63) is 132 Å². The second kappa shape index (κ2) is 8.27. The number of nitrogens with zero attached hydrogens (tertiary/aromatic N) is 2. The molecule has 0 aliphatic carbocycles. The predicted molar refractivity (Wildman–Crippen MR) is 143 cm³/mol. The fraction of sp³-hybridized carbons (Fsp3) is 0. The molecular formula is C30H21BrN2. The Labute approximate surface area is 201 Å². The van der Waals surface area contributed by atoms with Crippen molar-refractivity contribution in [3.63, 3.8) is 0 Å². The Morgan fingerprint density at radius 3 is 1.79 bits per heavy atom. The molecule has 0 fully saturated rings. The molecule has 0 aliphatic heterocycles. The molecule has 0 aliphatic rings. The van der Waals surface area contributed by atoms with Crippen molar-refractivity contribution in [2.24, 2.45) is 0 Å². The minimum absolute atomic E-state index is 1.07. The first kappa shape index (κ1) is 19.8. The van der Waals surface area contributed by atoms with Crippen LogP contribution in [0.3, 0.4) is 0 Å². The number of para-hydroxylation sites is 3. The number of hydrogen-bond donors (Lipinski definition) is 0. The Hall–Kier alpha value is -3.82. The molecule has 158 valence electrons. The van der Waals surface area contributed by atoms with Gasteiger partial charge in [0, 0.05) is 32.3 Å². The highest BCUT2D eigenvalue weighted by molar-refractivity contribution is 9.10. The van der Waals surface area contributed by atoms with Crippen LogP contribution in [0.5, 0.6) is 0 Å². The third-order valence-corrected chi connectivity index (χ3v) is 6.51. The molecule has 1 aromatic heterocycles. The monoisotopic (exact) mass is 488 g/mol. The van der Waals surface area contributed by atoms with Gasteiger partial charge < -0.3 is 9.47 Å². The van der Waals surface area contributed by atoms with Crippen LogP contribution in [0.2, 0.25) is 0 Å². The molecule has 6 rings (SSSR count). The number of halogens is 1. The first-order chi connectivity index (χ1) is 16.3. The zero-order valence-corrected chi connectivity index (χ0v) is 19.5. The molecule has 0 amide bonds. The van der Waals surface area contributed by atoms with Crippen molar-refractivity contribution in [1.82, 2.24) is 4.57 Å². The maximum absolute atomic E-state index is 3.71. The van der Waals surface area contributed by atoms with E-state index in [4.69, 9.17) is 0 Å². The van der Waals surface area contributed by atoms with E-state index < -0.39 is 0 Å². The van der Waals surface area contributed by atoms with Gasteiger partial charge >= 0.3 is 0 Å². The molecule has 0 unspecified atom stereocenters. The van der Waals surface area contributed by atoms with Crippen LogP contribution in [-0.2, 0) is 0 Å². The van der Waals surface area contributed by atoms with E-state index in [1.807, 2.05) is 0 Å². The van der Waals surface area contributed by atoms with Gasteiger partial charge in [0.15, 0.2) is 0 Å². The summed E-state index contributed by atoms with van der Waals surface area (Å²) in [6.07, 6.45) is 0. The fourth-order valence-corrected chi connectivity index (χ4v) is 5.01. The molecule has 0 atom stereocenters. The van der Waals surface area contributed by atoms with E-state index in [2.05, 4.69) is 153 Å². The number of anilines is 3. The van der Waals surface area contributed by atoms with Gasteiger partial charge in [-0.3, -0.25) is 0 Å². The van der Waals surface area contributed by atoms with E-state index in [-0.39, 0.29) is 0 Å². The minimum Gasteiger partial charge on any atom is -0.310 e. The first-order valence-electron chi connectivity index (χ1n) is 11.0. The van der Waals surface area contributed by atoms with E-state index >= 15 is 0 Å². The van der Waals surface area contributed by atoms with Gasteiger partial charge in [-0.15, -0.1) is 0 Å². The summed E-state index contributed by atoms with van der Waals surface area (Å²) in [6.45, 7) is 0. The van der Waals surface area contributed by atoms with Gasteiger partial charge in [-0.25, -0.2) is 0 Å². The van der Waals surface area contributed by atoms with Crippen LogP contribution in [0.25, 0.3) is 27.5 Å². The molecule has 0 N–H and O–H groups in total. The van der Waals surface area contributed by atoms with E-state index in [9.17, 15) is 0 Å². The molecule has 3 heteroatoms. The molecule has 0 saturated carbocycles. The topological polar surface area (TPSA) is 8.17 Å². The first-order valence-corrected chi connectivity index (χ1v) is 11.8. The molecule has 0 saturated heterocycles. The molecule has 5 aromatic carbocycles. The van der Waals surface area contributed by atoms with Crippen LogP contribution in [-0.4, -0.2) is 4.57 Å². The van der Waals surface area contributed by atoms with Crippen LogP contribution in [0.1, 0.15) is 0 Å². The highest BCUT2D eigenvalue weighted by Crippen LogP contribution is 2.43. The van der Waals surface area contributed by atoms with Gasteiger partial charge in [0.2, 0.25) is 0 Å². The Bertz CT molecular complexity index is 1520. The van der Waals surface area contributed by atoms with Gasteiger partial charge in [0.1, 0.15) is 0 Å². The quantitative estimate of drug-likeness (QED) is 0.240. The van der Waals surface area contributed by atoms with Crippen LogP contribution in [0, 0.1) is 0 Å². The Balaban J connectivity index is 1.74. The van der Waals surface area contributed by atoms with Crippen molar-refractivity contribution < 1.29 is 0 Å². The van der Waals surface area contributed by atoms with Crippen LogP contribution in [0.15, 0.2) is 132 Å². The second-order valence-corrected chi connectivity index (χ2v) is 8.93. The Morgan fingerprint density at radius 1 is 0.545 bits per heavy atom. The molecule has 6 aromatic rings. The van der Waals surface area contributed by atoms with Crippen LogP contribution < -0.4 is 4.90 Å². The SMILES string of the molecule is Brc1ccc2c(c1)c1c(N(c3ccccc3)c3ccccc3)cccc1n2-c1ccccc1. The molecule has 0 radical (unpaired) electrons. The minimum atomic E-state index is 1.07. The summed E-state index contributed by atoms with van der Waals surface area (Å²) in [5.41, 5.74) is 6.95. The van der Waals surface area contributed by atoms with E-state index in [1.165, 1.54) is 21.8 Å². The fourth-order valence-electron chi connectivity index (χ4n) is 4.65. The van der Waals surface area contributed by atoms with Gasteiger partial charge in [0.05, 0.1) is 16.7 Å². The van der Waals surface area contributed by atoms with Gasteiger partial charge in [-0.1, -0.05) is 76.6 Å². The van der Waals surface area contributed by atoms with E-state index in [0.717, 1.165) is 27.2 Å². The number of benzene rings is 5. The highest BCUT2D eigenvalue weighted by atomic mass is 79.9. The third kappa shape index (κ3) is 3.42. The van der Waals surface area contributed by atoms with E-state index in [1.54, 1.807) is 0 Å². The smallest absolute Gasteiger partial charge is 0.0562 e. The Morgan fingerprint density at radius 2 is 1.15 bits per heavy atom. The lowest BCUT2D eigenvalue weighted by molar-refractivity contribution is 1.18. The zero-order chi connectivity index (χ0) is 22.2. The summed E-state index contributed by atoms with van der Waals surface area (Å²) in [4.78, 5) is 2.35. The summed E-state index contributed by atoms with van der Waals surface area (Å²) < 4.78 is 3.43. The summed E-state index contributed by atoms with van der Waals surface area (Å²) in [5.74, 6) is 0. The lowest BCUT2D eigenvalue weighted by atomic mass is 10.1. The molecule has 33 heavy (non-hydrogen) atoms. The Kier molecular flexibility index (Phi) is 4.97. The normalized spacial score (nSPS) is 11.2. The summed E-state index contributed by atoms with van der Waals surface area (Å²) >= 11 is 3.71. The van der Waals surface area contributed by atoms with Crippen LogP contribution in [0.4, 0.5) is 17.1 Å². The zero-order valence-electron chi connectivity index (χ0n) is 17.9. The summed E-state index contributed by atoms with van der Waals surface area (Å²) in [7, 11) is 0. The van der Waals surface area contributed by atoms with E-state index in [0.29, 0.717) is 0 Å². The average molecular weight is 489 g/mol. The van der Waals surface area contributed by atoms with Crippen molar-refractivity contribution in [2.75, 3.05) is 4.90 Å². The maximum Gasteiger partial charge on any atom is 0.0562 e. The van der Waals surface area contributed by atoms with Crippen molar-refractivity contribution in [1.29, 1.82) is 0 Å². The maximum atomic E-state index is 3.71. The lowest BCUT2D eigenvalue weighted by Gasteiger charge is -2.26. The average Bonchev–Trinajstić information content (AvgIpc) is 3.20.